The van der Waals surface area contributed by atoms with Gasteiger partial charge in [0.25, 0.3) is 0 Å². The predicted molar refractivity (Wildman–Crippen MR) is 142 cm³/mol. The molecule has 2 unspecified atom stereocenters. The number of aldehydes is 1. The van der Waals surface area contributed by atoms with Crippen molar-refractivity contribution in [3.63, 3.8) is 0 Å². The Morgan fingerprint density at radius 1 is 1.11 bits per heavy atom. The lowest BCUT2D eigenvalue weighted by Gasteiger charge is -2.30. The van der Waals surface area contributed by atoms with Gasteiger partial charge in [-0.1, -0.05) is 52.3 Å². The second-order valence-electron chi connectivity index (χ2n) is 10.7. The molecule has 0 aromatic heterocycles. The fraction of sp³-hybridized carbons (Fsp3) is 0.667. The van der Waals surface area contributed by atoms with E-state index in [2.05, 4.69) is 31.4 Å². The minimum Gasteiger partial charge on any atom is -0.611 e. The van der Waals surface area contributed by atoms with Crippen LogP contribution in [0.4, 0.5) is 4.79 Å². The van der Waals surface area contributed by atoms with E-state index in [4.69, 9.17) is 9.47 Å². The Morgan fingerprint density at radius 3 is 2.39 bits per heavy atom. The van der Waals surface area contributed by atoms with E-state index >= 15 is 0 Å². The normalized spacial score (nSPS) is 13.5. The summed E-state index contributed by atoms with van der Waals surface area (Å²) < 4.78 is 24.2. The van der Waals surface area contributed by atoms with Gasteiger partial charge in [-0.3, -0.25) is 4.79 Å². The molecule has 0 radical (unpaired) electrons. The van der Waals surface area contributed by atoms with Crippen molar-refractivity contribution < 1.29 is 28.4 Å². The molecule has 36 heavy (non-hydrogen) atoms. The first-order valence-electron chi connectivity index (χ1n) is 12.5. The minimum absolute atomic E-state index is 0.0890. The Hall–Kier alpha value is -2.10. The van der Waals surface area contributed by atoms with Crippen LogP contribution in [0.1, 0.15) is 65.9 Å². The molecular formula is C27H44N2O6S. The smallest absolute Gasteiger partial charge is 0.407 e. The van der Waals surface area contributed by atoms with Crippen LogP contribution in [0, 0.1) is 17.8 Å². The summed E-state index contributed by atoms with van der Waals surface area (Å²) in [6.07, 6.45) is 1.27. The lowest BCUT2D eigenvalue weighted by Crippen LogP contribution is -2.40. The van der Waals surface area contributed by atoms with Gasteiger partial charge >= 0.3 is 6.09 Å². The summed E-state index contributed by atoms with van der Waals surface area (Å²) in [5, 5.41) is 5.48. The fourth-order valence-electron chi connectivity index (χ4n) is 3.25. The Bertz CT molecular complexity index is 813. The van der Waals surface area contributed by atoms with Crippen molar-refractivity contribution in [1.82, 2.24) is 10.6 Å². The molecule has 0 heterocycles. The van der Waals surface area contributed by atoms with Gasteiger partial charge in [0, 0.05) is 25.9 Å². The molecule has 1 aromatic carbocycles. The molecule has 1 aromatic rings. The van der Waals surface area contributed by atoms with Crippen molar-refractivity contribution in [2.75, 3.05) is 32.1 Å². The van der Waals surface area contributed by atoms with E-state index in [1.165, 1.54) is 0 Å². The number of hydrogen-bond donors (Lipinski definition) is 2. The molecule has 1 rings (SSSR count). The minimum atomic E-state index is -1.37. The van der Waals surface area contributed by atoms with E-state index in [1.54, 1.807) is 0 Å². The first-order valence-corrected chi connectivity index (χ1v) is 13.9. The first kappa shape index (κ1) is 31.9. The molecule has 9 heteroatoms. The van der Waals surface area contributed by atoms with Gasteiger partial charge < -0.3 is 29.5 Å². The number of carbonyl (C=O) groups is 3. The molecule has 0 saturated carbocycles. The molecule has 0 saturated heterocycles. The van der Waals surface area contributed by atoms with E-state index in [0.717, 1.165) is 12.0 Å². The van der Waals surface area contributed by atoms with Crippen LogP contribution in [-0.2, 0) is 30.2 Å². The highest BCUT2D eigenvalue weighted by atomic mass is 32.2. The number of amides is 2. The van der Waals surface area contributed by atoms with Crippen molar-refractivity contribution in [1.29, 1.82) is 0 Å². The number of benzene rings is 1. The highest BCUT2D eigenvalue weighted by Gasteiger charge is 2.30. The molecule has 204 valence electrons. The van der Waals surface area contributed by atoms with E-state index in [-0.39, 0.29) is 36.5 Å². The van der Waals surface area contributed by atoms with Crippen LogP contribution in [0.15, 0.2) is 29.2 Å². The van der Waals surface area contributed by atoms with Gasteiger partial charge in [0.15, 0.2) is 4.90 Å². The molecule has 2 amide bonds. The SMILES string of the molecule is CCC(C)(C)COCCC(=O)NCC(C)(C)CC(C[S+]([O-])c1ccc(C)cc1)OC(=O)NCCC=O. The summed E-state index contributed by atoms with van der Waals surface area (Å²) in [5.74, 6) is 0.0208. The largest absolute Gasteiger partial charge is 0.611 e. The van der Waals surface area contributed by atoms with Crippen molar-refractivity contribution >= 4 is 29.5 Å². The van der Waals surface area contributed by atoms with Crippen LogP contribution in [0.5, 0.6) is 0 Å². The first-order chi connectivity index (χ1) is 16.9. The second-order valence-corrected chi connectivity index (χ2v) is 12.2. The molecule has 0 fully saturated rings. The van der Waals surface area contributed by atoms with Crippen molar-refractivity contribution in [3.05, 3.63) is 29.8 Å². The van der Waals surface area contributed by atoms with Crippen molar-refractivity contribution in [3.8, 4) is 0 Å². The Morgan fingerprint density at radius 2 is 1.78 bits per heavy atom. The summed E-state index contributed by atoms with van der Waals surface area (Å²) in [4.78, 5) is 35.7. The molecule has 8 nitrogen and oxygen atoms in total. The maximum atomic E-state index is 13.0. The summed E-state index contributed by atoms with van der Waals surface area (Å²) in [6.45, 7) is 13.8. The Balaban J connectivity index is 2.67. The average Bonchev–Trinajstić information content (AvgIpc) is 2.81. The maximum absolute atomic E-state index is 13.0. The topological polar surface area (TPSA) is 117 Å². The Kier molecular flexibility index (Phi) is 14.1. The third-order valence-electron chi connectivity index (χ3n) is 5.89. The highest BCUT2D eigenvalue weighted by molar-refractivity contribution is 7.91. The third kappa shape index (κ3) is 13.8. The number of rotatable bonds is 17. The summed E-state index contributed by atoms with van der Waals surface area (Å²) in [6, 6.07) is 7.40. The number of aryl methyl sites for hydroxylation is 1. The molecular weight excluding hydrogens is 480 g/mol. The quantitative estimate of drug-likeness (QED) is 0.180. The zero-order chi connectivity index (χ0) is 27.2. The number of nitrogens with one attached hydrogen (secondary N) is 2. The maximum Gasteiger partial charge on any atom is 0.407 e. The lowest BCUT2D eigenvalue weighted by molar-refractivity contribution is -0.123. The third-order valence-corrected chi connectivity index (χ3v) is 7.37. The summed E-state index contributed by atoms with van der Waals surface area (Å²) in [7, 11) is 0. The highest BCUT2D eigenvalue weighted by Crippen LogP contribution is 2.26. The van der Waals surface area contributed by atoms with Gasteiger partial charge in [-0.15, -0.1) is 0 Å². The van der Waals surface area contributed by atoms with Crippen LogP contribution in [0.25, 0.3) is 0 Å². The predicted octanol–water partition coefficient (Wildman–Crippen LogP) is 4.16. The van der Waals surface area contributed by atoms with E-state index in [1.807, 2.05) is 45.0 Å². The fourth-order valence-corrected chi connectivity index (χ4v) is 4.40. The van der Waals surface area contributed by atoms with Gasteiger partial charge in [0.05, 0.1) is 13.2 Å². The zero-order valence-corrected chi connectivity index (χ0v) is 23.5. The number of alkyl carbamates (subject to hydrolysis) is 1. The molecule has 2 N–H and O–H groups in total. The van der Waals surface area contributed by atoms with Gasteiger partial charge in [0.1, 0.15) is 18.1 Å². The van der Waals surface area contributed by atoms with Crippen LogP contribution in [0.2, 0.25) is 0 Å². The van der Waals surface area contributed by atoms with Crippen LogP contribution in [-0.4, -0.2) is 61.0 Å². The average molecular weight is 525 g/mol. The molecule has 0 spiro atoms. The number of hydrogen-bond acceptors (Lipinski definition) is 6. The van der Waals surface area contributed by atoms with Gasteiger partial charge in [-0.05, 0) is 53.9 Å². The number of ether oxygens (including phenoxy) is 2. The van der Waals surface area contributed by atoms with Gasteiger partial charge in [-0.25, -0.2) is 4.79 Å². The van der Waals surface area contributed by atoms with E-state index in [0.29, 0.717) is 37.4 Å². The molecule has 0 bridgehead atoms. The van der Waals surface area contributed by atoms with Crippen molar-refractivity contribution in [2.45, 2.75) is 78.2 Å². The number of carbonyl (C=O) groups excluding carboxylic acids is 3. The molecule has 0 aliphatic rings. The summed E-state index contributed by atoms with van der Waals surface area (Å²) in [5.41, 5.74) is 0.729. The monoisotopic (exact) mass is 524 g/mol. The van der Waals surface area contributed by atoms with E-state index in [9.17, 15) is 18.9 Å². The van der Waals surface area contributed by atoms with E-state index < -0.39 is 28.8 Å². The Labute approximate surface area is 219 Å². The molecule has 2 atom stereocenters. The van der Waals surface area contributed by atoms with Gasteiger partial charge in [0.2, 0.25) is 5.91 Å². The molecule has 0 aliphatic carbocycles. The zero-order valence-electron chi connectivity index (χ0n) is 22.7. The lowest BCUT2D eigenvalue weighted by atomic mass is 9.87. The van der Waals surface area contributed by atoms with Crippen LogP contribution >= 0.6 is 0 Å². The second kappa shape index (κ2) is 15.9. The van der Waals surface area contributed by atoms with Crippen LogP contribution in [0.3, 0.4) is 0 Å². The van der Waals surface area contributed by atoms with Crippen LogP contribution < -0.4 is 10.6 Å². The standard InChI is InChI=1S/C27H44N2O6S/c1-7-26(3,4)20-34-16-13-24(31)29-19-27(5,6)17-22(35-25(32)28-14-8-15-30)18-36(33)23-11-9-21(2)10-12-23/h9-12,15,22H,7-8,13-14,16-20H2,1-6H3,(H,28,32)(H,29,31). The molecule has 0 aliphatic heterocycles. The van der Waals surface area contributed by atoms with Gasteiger partial charge in [-0.2, -0.15) is 0 Å². The summed E-state index contributed by atoms with van der Waals surface area (Å²) >= 11 is -1.37. The van der Waals surface area contributed by atoms with Crippen molar-refractivity contribution in [2.24, 2.45) is 10.8 Å².